The molecule has 0 aromatic carbocycles. The SMILES string of the molecule is N#CCc1nc(N)ccc1-c1cccnc1. The second-order valence-electron chi connectivity index (χ2n) is 3.31. The van der Waals surface area contributed by atoms with Gasteiger partial charge in [-0.3, -0.25) is 4.98 Å². The van der Waals surface area contributed by atoms with Gasteiger partial charge in [0.05, 0.1) is 18.2 Å². The van der Waals surface area contributed by atoms with Gasteiger partial charge in [-0.25, -0.2) is 4.98 Å². The molecule has 2 aromatic rings. The third kappa shape index (κ3) is 1.98. The number of nitrogens with two attached hydrogens (primary N) is 1. The summed E-state index contributed by atoms with van der Waals surface area (Å²) < 4.78 is 0. The highest BCUT2D eigenvalue weighted by Gasteiger charge is 2.06. The van der Waals surface area contributed by atoms with Crippen molar-refractivity contribution >= 4 is 5.82 Å². The fourth-order valence-corrected chi connectivity index (χ4v) is 1.51. The van der Waals surface area contributed by atoms with Crippen molar-refractivity contribution in [1.82, 2.24) is 9.97 Å². The van der Waals surface area contributed by atoms with Crippen molar-refractivity contribution in [2.24, 2.45) is 0 Å². The molecule has 2 N–H and O–H groups in total. The summed E-state index contributed by atoms with van der Waals surface area (Å²) in [4.78, 5) is 8.21. The molecular weight excluding hydrogens is 200 g/mol. The van der Waals surface area contributed by atoms with Crippen molar-refractivity contribution in [3.05, 3.63) is 42.4 Å². The minimum absolute atomic E-state index is 0.245. The maximum absolute atomic E-state index is 8.74. The van der Waals surface area contributed by atoms with Crippen LogP contribution in [0.15, 0.2) is 36.7 Å². The lowest BCUT2D eigenvalue weighted by Crippen LogP contribution is -1.98. The van der Waals surface area contributed by atoms with E-state index in [0.29, 0.717) is 11.5 Å². The van der Waals surface area contributed by atoms with Gasteiger partial charge in [0.1, 0.15) is 5.82 Å². The summed E-state index contributed by atoms with van der Waals surface area (Å²) in [7, 11) is 0. The summed E-state index contributed by atoms with van der Waals surface area (Å²) in [6.07, 6.45) is 3.70. The standard InChI is InChI=1S/C12H10N4/c13-6-5-11-10(3-4-12(14)16-11)9-2-1-7-15-8-9/h1-4,7-8H,5H2,(H2,14,16). The van der Waals surface area contributed by atoms with Crippen LogP contribution < -0.4 is 5.73 Å². The Morgan fingerprint density at radius 1 is 1.31 bits per heavy atom. The maximum atomic E-state index is 8.74. The van der Waals surface area contributed by atoms with Gasteiger partial charge in [-0.15, -0.1) is 0 Å². The van der Waals surface area contributed by atoms with Crippen molar-refractivity contribution in [2.45, 2.75) is 6.42 Å². The monoisotopic (exact) mass is 210 g/mol. The molecule has 4 heteroatoms. The molecule has 2 aromatic heterocycles. The van der Waals surface area contributed by atoms with Gasteiger partial charge in [0.25, 0.3) is 0 Å². The van der Waals surface area contributed by atoms with Crippen LogP contribution in [0.2, 0.25) is 0 Å². The molecule has 0 atom stereocenters. The molecule has 0 amide bonds. The van der Waals surface area contributed by atoms with Crippen molar-refractivity contribution in [3.63, 3.8) is 0 Å². The molecular formula is C12H10N4. The van der Waals surface area contributed by atoms with E-state index in [-0.39, 0.29) is 6.42 Å². The molecule has 0 aliphatic carbocycles. The van der Waals surface area contributed by atoms with E-state index in [4.69, 9.17) is 11.0 Å². The van der Waals surface area contributed by atoms with Gasteiger partial charge < -0.3 is 5.73 Å². The topological polar surface area (TPSA) is 75.6 Å². The number of nitrogens with zero attached hydrogens (tertiary/aromatic N) is 3. The summed E-state index contributed by atoms with van der Waals surface area (Å²) in [5.74, 6) is 0.429. The van der Waals surface area contributed by atoms with Gasteiger partial charge in [-0.1, -0.05) is 6.07 Å². The molecule has 78 valence electrons. The second-order valence-corrected chi connectivity index (χ2v) is 3.31. The average Bonchev–Trinajstić information content (AvgIpc) is 2.31. The zero-order valence-electron chi connectivity index (χ0n) is 8.59. The fourth-order valence-electron chi connectivity index (χ4n) is 1.51. The zero-order valence-corrected chi connectivity index (χ0v) is 8.59. The molecule has 0 saturated carbocycles. The summed E-state index contributed by atoms with van der Waals surface area (Å²) in [5.41, 5.74) is 8.14. The first-order valence-electron chi connectivity index (χ1n) is 4.84. The van der Waals surface area contributed by atoms with E-state index in [2.05, 4.69) is 16.0 Å². The molecule has 0 fully saturated rings. The number of pyridine rings is 2. The zero-order chi connectivity index (χ0) is 11.4. The molecule has 0 radical (unpaired) electrons. The van der Waals surface area contributed by atoms with Crippen molar-refractivity contribution in [1.29, 1.82) is 5.26 Å². The van der Waals surface area contributed by atoms with E-state index in [1.807, 2.05) is 18.2 Å². The van der Waals surface area contributed by atoms with Crippen LogP contribution in [0.1, 0.15) is 5.69 Å². The van der Waals surface area contributed by atoms with E-state index in [0.717, 1.165) is 11.1 Å². The largest absolute Gasteiger partial charge is 0.384 e. The molecule has 0 spiro atoms. The minimum atomic E-state index is 0.245. The third-order valence-electron chi connectivity index (χ3n) is 2.21. The third-order valence-corrected chi connectivity index (χ3v) is 2.21. The molecule has 0 aliphatic rings. The Kier molecular flexibility index (Phi) is 2.79. The van der Waals surface area contributed by atoms with Gasteiger partial charge in [-0.2, -0.15) is 5.26 Å². The Bertz CT molecular complexity index is 528. The fraction of sp³-hybridized carbons (Fsp3) is 0.0833. The smallest absolute Gasteiger partial charge is 0.123 e. The van der Waals surface area contributed by atoms with Gasteiger partial charge in [0.2, 0.25) is 0 Å². The van der Waals surface area contributed by atoms with Crippen LogP contribution in [0.4, 0.5) is 5.82 Å². The van der Waals surface area contributed by atoms with Gasteiger partial charge in [0.15, 0.2) is 0 Å². The first kappa shape index (κ1) is 10.1. The van der Waals surface area contributed by atoms with Crippen molar-refractivity contribution < 1.29 is 0 Å². The van der Waals surface area contributed by atoms with E-state index >= 15 is 0 Å². The second kappa shape index (κ2) is 4.41. The average molecular weight is 210 g/mol. The van der Waals surface area contributed by atoms with Crippen LogP contribution in [0.5, 0.6) is 0 Å². The number of aromatic nitrogens is 2. The van der Waals surface area contributed by atoms with Crippen molar-refractivity contribution in [2.75, 3.05) is 5.73 Å². The lowest BCUT2D eigenvalue weighted by Gasteiger charge is -2.06. The molecule has 16 heavy (non-hydrogen) atoms. The summed E-state index contributed by atoms with van der Waals surface area (Å²) in [6, 6.07) is 9.46. The number of hydrogen-bond donors (Lipinski definition) is 1. The van der Waals surface area contributed by atoms with Crippen LogP contribution in [0.3, 0.4) is 0 Å². The molecule has 0 saturated heterocycles. The number of anilines is 1. The van der Waals surface area contributed by atoms with Gasteiger partial charge >= 0.3 is 0 Å². The van der Waals surface area contributed by atoms with Crippen LogP contribution in [0, 0.1) is 11.3 Å². The molecule has 4 nitrogen and oxygen atoms in total. The van der Waals surface area contributed by atoms with Crippen LogP contribution >= 0.6 is 0 Å². The summed E-state index contributed by atoms with van der Waals surface area (Å²) in [6.45, 7) is 0. The first-order chi connectivity index (χ1) is 7.81. The number of rotatable bonds is 2. The number of hydrogen-bond acceptors (Lipinski definition) is 4. The lowest BCUT2D eigenvalue weighted by atomic mass is 10.0. The predicted molar refractivity (Wildman–Crippen MR) is 61.2 cm³/mol. The normalized spacial score (nSPS) is 9.69. The Morgan fingerprint density at radius 2 is 2.19 bits per heavy atom. The summed E-state index contributed by atoms with van der Waals surface area (Å²) in [5, 5.41) is 8.74. The lowest BCUT2D eigenvalue weighted by molar-refractivity contribution is 1.12. The minimum Gasteiger partial charge on any atom is -0.384 e. The molecule has 2 rings (SSSR count). The van der Waals surface area contributed by atoms with E-state index in [1.54, 1.807) is 18.5 Å². The molecule has 0 unspecified atom stereocenters. The molecule has 0 aliphatic heterocycles. The first-order valence-corrected chi connectivity index (χ1v) is 4.84. The summed E-state index contributed by atoms with van der Waals surface area (Å²) >= 11 is 0. The predicted octanol–water partition coefficient (Wildman–Crippen LogP) is 1.79. The highest BCUT2D eigenvalue weighted by Crippen LogP contribution is 2.22. The van der Waals surface area contributed by atoms with Gasteiger partial charge in [0, 0.05) is 23.5 Å². The maximum Gasteiger partial charge on any atom is 0.123 e. The van der Waals surface area contributed by atoms with Crippen LogP contribution in [-0.2, 0) is 6.42 Å². The van der Waals surface area contributed by atoms with E-state index in [9.17, 15) is 0 Å². The number of nitrogen functional groups attached to an aromatic ring is 1. The Balaban J connectivity index is 2.53. The quantitative estimate of drug-likeness (QED) is 0.819. The van der Waals surface area contributed by atoms with Crippen molar-refractivity contribution in [3.8, 4) is 17.2 Å². The molecule has 0 bridgehead atoms. The highest BCUT2D eigenvalue weighted by molar-refractivity contribution is 5.66. The number of nitriles is 1. The van der Waals surface area contributed by atoms with E-state index in [1.165, 1.54) is 0 Å². The Labute approximate surface area is 93.4 Å². The van der Waals surface area contributed by atoms with Crippen LogP contribution in [0.25, 0.3) is 11.1 Å². The highest BCUT2D eigenvalue weighted by atomic mass is 14.8. The Hall–Kier alpha value is -2.41. The molecule has 2 heterocycles. The van der Waals surface area contributed by atoms with E-state index < -0.39 is 0 Å². The van der Waals surface area contributed by atoms with Gasteiger partial charge in [-0.05, 0) is 18.2 Å². The Morgan fingerprint density at radius 3 is 2.88 bits per heavy atom. The van der Waals surface area contributed by atoms with Crippen LogP contribution in [-0.4, -0.2) is 9.97 Å².